The molecule has 3 aliphatic heterocycles. The molecule has 1 spiro atoms. The zero-order valence-corrected chi connectivity index (χ0v) is 29.9. The van der Waals surface area contributed by atoms with Crippen molar-refractivity contribution in [3.63, 3.8) is 0 Å². The summed E-state index contributed by atoms with van der Waals surface area (Å²) in [7, 11) is 1.71. The average Bonchev–Trinajstić information content (AvgIpc) is 3.75. The number of benzene rings is 1. The number of ether oxygens (including phenoxy) is 2. The molecule has 0 aliphatic carbocycles. The van der Waals surface area contributed by atoms with Crippen LogP contribution in [0, 0.1) is 11.8 Å². The summed E-state index contributed by atoms with van der Waals surface area (Å²) >= 11 is 0. The van der Waals surface area contributed by atoms with Gasteiger partial charge in [-0.3, -0.25) is 19.2 Å². The number of fused-ring (bicyclic) bond motifs is 1. The lowest BCUT2D eigenvalue weighted by molar-refractivity contribution is -0.164. The Hall–Kier alpha value is -3.50. The van der Waals surface area contributed by atoms with Gasteiger partial charge in [0.15, 0.2) is 0 Å². The van der Waals surface area contributed by atoms with Crippen molar-refractivity contribution in [1.29, 1.82) is 0 Å². The van der Waals surface area contributed by atoms with Gasteiger partial charge in [0.2, 0.25) is 17.7 Å². The number of unbranched alkanes of at least 4 members (excludes halogenated alkanes) is 3. The minimum Gasteiger partial charge on any atom is -0.455 e. The van der Waals surface area contributed by atoms with Crippen LogP contribution in [-0.4, -0.2) is 100 Å². The molecule has 1 aromatic carbocycles. The summed E-state index contributed by atoms with van der Waals surface area (Å²) in [5.41, 5.74) is -0.393. The Morgan fingerprint density at radius 3 is 2.49 bits per heavy atom. The molecular weight excluding hydrogens is 622 g/mol. The van der Waals surface area contributed by atoms with Crippen LogP contribution in [0.4, 0.5) is 0 Å². The summed E-state index contributed by atoms with van der Waals surface area (Å²) in [6, 6.07) is 7.93. The molecule has 1 aromatic rings. The van der Waals surface area contributed by atoms with Crippen LogP contribution in [-0.2, 0) is 28.7 Å². The van der Waals surface area contributed by atoms with Gasteiger partial charge in [-0.2, -0.15) is 0 Å². The molecule has 3 fully saturated rings. The Morgan fingerprint density at radius 2 is 1.84 bits per heavy atom. The molecule has 3 saturated heterocycles. The van der Waals surface area contributed by atoms with Crippen LogP contribution in [0.5, 0.6) is 0 Å². The van der Waals surface area contributed by atoms with E-state index in [9.17, 15) is 24.3 Å². The predicted octanol–water partition coefficient (Wildman–Crippen LogP) is 5.21. The maximum absolute atomic E-state index is 14.6. The van der Waals surface area contributed by atoms with Crippen LogP contribution in [0.25, 0.3) is 0 Å². The van der Waals surface area contributed by atoms with Crippen LogP contribution in [0.2, 0.25) is 0 Å². The molecule has 3 heterocycles. The predicted molar refractivity (Wildman–Crippen MR) is 188 cm³/mol. The van der Waals surface area contributed by atoms with Crippen molar-refractivity contribution >= 4 is 23.7 Å². The lowest BCUT2D eigenvalue weighted by Crippen LogP contribution is -2.57. The number of carbonyl (C=O) groups excluding carboxylic acids is 4. The summed E-state index contributed by atoms with van der Waals surface area (Å²) < 4.78 is 13.0. The highest BCUT2D eigenvalue weighted by molar-refractivity contribution is 5.98. The zero-order valence-electron chi connectivity index (χ0n) is 29.9. The molecule has 10 heteroatoms. The highest BCUT2D eigenvalue weighted by Gasteiger charge is 2.75. The second-order valence-electron chi connectivity index (χ2n) is 14.0. The third-order valence-corrected chi connectivity index (χ3v) is 10.8. The largest absolute Gasteiger partial charge is 0.455 e. The molecule has 0 saturated carbocycles. The first-order valence-electron chi connectivity index (χ1n) is 18.2. The molecule has 49 heavy (non-hydrogen) atoms. The van der Waals surface area contributed by atoms with Crippen LogP contribution in [0.1, 0.15) is 96.6 Å². The van der Waals surface area contributed by atoms with E-state index in [4.69, 9.17) is 9.47 Å². The van der Waals surface area contributed by atoms with Crippen molar-refractivity contribution < 1.29 is 33.8 Å². The number of aliphatic hydroxyl groups excluding tert-OH is 1. The molecule has 8 atom stereocenters. The van der Waals surface area contributed by atoms with Crippen molar-refractivity contribution in [3.8, 4) is 0 Å². The number of amides is 3. The summed E-state index contributed by atoms with van der Waals surface area (Å²) in [6.45, 7) is 14.4. The van der Waals surface area contributed by atoms with Gasteiger partial charge >= 0.3 is 5.97 Å². The van der Waals surface area contributed by atoms with Gasteiger partial charge < -0.3 is 29.3 Å². The second-order valence-corrected chi connectivity index (χ2v) is 14.0. The minimum atomic E-state index is -1.13. The molecule has 3 aliphatic rings. The van der Waals surface area contributed by atoms with Gasteiger partial charge in [0.25, 0.3) is 0 Å². The molecule has 3 amide bonds. The highest BCUT2D eigenvalue weighted by atomic mass is 16.6. The fourth-order valence-corrected chi connectivity index (χ4v) is 8.17. The van der Waals surface area contributed by atoms with E-state index in [1.165, 1.54) is 0 Å². The number of aliphatic hydroxyl groups is 1. The fourth-order valence-electron chi connectivity index (χ4n) is 8.17. The number of hydrogen-bond donors (Lipinski definition) is 1. The summed E-state index contributed by atoms with van der Waals surface area (Å²) in [5.74, 6) is -2.77. The standard InChI is InChI=1S/C39H57N3O7/c1-7-10-21-31(44)40(6)28(5)34(29-19-14-13-15-20-29)48-38(47)32-30-22-23-39(49-30)33(32)36(45)42(25-16-11-12-17-26-43)35(39)37(46)41(24-9-3)27(4)18-8-2/h7,9,13-15,19-20,27-28,30,32-35,43H,1,3,8,10-12,16-18,21-26H2,2,4-6H3/t27?,28-,30-,32+,33+,34+,35-,39+/m0/s1. The summed E-state index contributed by atoms with van der Waals surface area (Å²) in [5, 5.41) is 9.26. The second kappa shape index (κ2) is 17.4. The fraction of sp³-hybridized carbons (Fsp3) is 0.641. The van der Waals surface area contributed by atoms with Gasteiger partial charge in [-0.05, 0) is 57.9 Å². The van der Waals surface area contributed by atoms with Gasteiger partial charge in [0.05, 0.1) is 24.0 Å². The van der Waals surface area contributed by atoms with Crippen molar-refractivity contribution in [3.05, 3.63) is 61.2 Å². The van der Waals surface area contributed by atoms with Gasteiger partial charge in [-0.1, -0.05) is 68.7 Å². The van der Waals surface area contributed by atoms with Crippen LogP contribution in [0.3, 0.4) is 0 Å². The normalized spacial score (nSPS) is 25.7. The quantitative estimate of drug-likeness (QED) is 0.114. The van der Waals surface area contributed by atoms with Crippen molar-refractivity contribution in [2.75, 3.05) is 26.7 Å². The number of allylic oxidation sites excluding steroid dienone is 1. The van der Waals surface area contributed by atoms with E-state index in [-0.39, 0.29) is 30.4 Å². The van der Waals surface area contributed by atoms with E-state index in [0.717, 1.165) is 31.2 Å². The smallest absolute Gasteiger partial charge is 0.313 e. The van der Waals surface area contributed by atoms with Crippen LogP contribution in [0.15, 0.2) is 55.6 Å². The SMILES string of the molecule is C=CCCC(=O)N(C)[C@@H](C)[C@@H](OC(=O)[C@@H]1[C@@H]2CC[C@]3(O2)[C@H](C(=O)N(CC=C)C(C)CCC)N(CCCCCCO)C(=O)[C@@H]13)c1ccccc1. The molecule has 10 nitrogen and oxygen atoms in total. The monoisotopic (exact) mass is 679 g/mol. The molecule has 0 radical (unpaired) electrons. The Bertz CT molecular complexity index is 1320. The summed E-state index contributed by atoms with van der Waals surface area (Å²) in [4.78, 5) is 61.6. The van der Waals surface area contributed by atoms with Crippen molar-refractivity contribution in [2.24, 2.45) is 11.8 Å². The topological polar surface area (TPSA) is 117 Å². The maximum Gasteiger partial charge on any atom is 0.313 e. The highest BCUT2D eigenvalue weighted by Crippen LogP contribution is 2.59. The molecule has 4 rings (SSSR count). The summed E-state index contributed by atoms with van der Waals surface area (Å²) in [6.07, 6.45) is 8.62. The first kappa shape index (κ1) is 38.3. The molecule has 0 aromatic heterocycles. The Kier molecular flexibility index (Phi) is 13.6. The molecular formula is C39H57N3O7. The first-order valence-corrected chi connectivity index (χ1v) is 18.2. The van der Waals surface area contributed by atoms with E-state index in [1.807, 2.05) is 44.2 Å². The van der Waals surface area contributed by atoms with Crippen LogP contribution < -0.4 is 0 Å². The number of nitrogens with zero attached hydrogens (tertiary/aromatic N) is 3. The number of hydrogen-bond acceptors (Lipinski definition) is 7. The van der Waals surface area contributed by atoms with Gasteiger partial charge in [-0.25, -0.2) is 0 Å². The number of carbonyl (C=O) groups is 4. The van der Waals surface area contributed by atoms with Crippen molar-refractivity contribution in [2.45, 2.75) is 121 Å². The lowest BCUT2D eigenvalue weighted by Gasteiger charge is -2.39. The first-order chi connectivity index (χ1) is 23.6. The van der Waals surface area contributed by atoms with E-state index >= 15 is 0 Å². The number of likely N-dealkylation sites (tertiary alicyclic amines) is 1. The average molecular weight is 680 g/mol. The van der Waals surface area contributed by atoms with Gasteiger partial charge in [0, 0.05) is 39.2 Å². The van der Waals surface area contributed by atoms with E-state index < -0.39 is 47.7 Å². The Labute approximate surface area is 292 Å². The number of likely N-dealkylation sites (N-methyl/N-ethyl adjacent to an activating group) is 1. The number of esters is 1. The van der Waals surface area contributed by atoms with Gasteiger partial charge in [-0.15, -0.1) is 13.2 Å². The molecule has 1 N–H and O–H groups in total. The molecule has 1 unspecified atom stereocenters. The third-order valence-electron chi connectivity index (χ3n) is 10.8. The van der Waals surface area contributed by atoms with Gasteiger partial charge in [0.1, 0.15) is 17.7 Å². The van der Waals surface area contributed by atoms with E-state index in [0.29, 0.717) is 51.6 Å². The zero-order chi connectivity index (χ0) is 35.7. The Morgan fingerprint density at radius 1 is 1.12 bits per heavy atom. The Balaban J connectivity index is 1.67. The number of rotatable bonds is 20. The minimum absolute atomic E-state index is 0.0638. The third kappa shape index (κ3) is 7.96. The molecule has 270 valence electrons. The maximum atomic E-state index is 14.6. The molecule has 2 bridgehead atoms. The van der Waals surface area contributed by atoms with Crippen LogP contribution >= 0.6 is 0 Å². The van der Waals surface area contributed by atoms with E-state index in [1.54, 1.807) is 33.9 Å². The van der Waals surface area contributed by atoms with E-state index in [2.05, 4.69) is 20.1 Å². The lowest BCUT2D eigenvalue weighted by atomic mass is 9.70. The van der Waals surface area contributed by atoms with Crippen molar-refractivity contribution in [1.82, 2.24) is 14.7 Å².